The molecule has 1 amide bonds. The number of hydrogen-bond acceptors (Lipinski definition) is 3. The smallest absolute Gasteiger partial charge is 0.220 e. The van der Waals surface area contributed by atoms with Crippen LogP contribution in [0.15, 0.2) is 30.3 Å². The highest BCUT2D eigenvalue weighted by molar-refractivity contribution is 7.16. The molecule has 2 heterocycles. The monoisotopic (exact) mass is 320 g/mol. The number of nitrogens with one attached hydrogen (secondary N) is 2. The average molecular weight is 321 g/mol. The number of benzene rings is 1. The van der Waals surface area contributed by atoms with Crippen LogP contribution >= 0.6 is 22.9 Å². The van der Waals surface area contributed by atoms with Crippen LogP contribution in [0, 0.1) is 0 Å². The number of aryl methyl sites for hydroxylation is 1. The van der Waals surface area contributed by atoms with Crippen LogP contribution < -0.4 is 10.6 Å². The lowest BCUT2D eigenvalue weighted by Gasteiger charge is -2.07. The fourth-order valence-electron chi connectivity index (χ4n) is 2.47. The van der Waals surface area contributed by atoms with Crippen LogP contribution in [0.2, 0.25) is 4.34 Å². The summed E-state index contributed by atoms with van der Waals surface area (Å²) in [5.74, 6) is 0.0816. The van der Waals surface area contributed by atoms with Crippen molar-refractivity contribution in [1.82, 2.24) is 10.6 Å². The maximum absolute atomic E-state index is 11.9. The Hall–Kier alpha value is -1.36. The van der Waals surface area contributed by atoms with Crippen molar-refractivity contribution < 1.29 is 4.79 Å². The van der Waals surface area contributed by atoms with E-state index in [9.17, 15) is 4.79 Å². The van der Waals surface area contributed by atoms with E-state index in [1.165, 1.54) is 22.5 Å². The van der Waals surface area contributed by atoms with Gasteiger partial charge in [0.15, 0.2) is 0 Å². The van der Waals surface area contributed by atoms with Gasteiger partial charge in [-0.3, -0.25) is 4.79 Å². The number of rotatable bonds is 5. The van der Waals surface area contributed by atoms with E-state index in [-0.39, 0.29) is 5.91 Å². The van der Waals surface area contributed by atoms with Gasteiger partial charge >= 0.3 is 0 Å². The van der Waals surface area contributed by atoms with Crippen molar-refractivity contribution in [3.8, 4) is 0 Å². The molecule has 5 heteroatoms. The van der Waals surface area contributed by atoms with Crippen molar-refractivity contribution in [3.63, 3.8) is 0 Å². The second-order valence-electron chi connectivity index (χ2n) is 5.19. The van der Waals surface area contributed by atoms with Crippen molar-refractivity contribution in [3.05, 3.63) is 56.2 Å². The molecule has 0 aliphatic carbocycles. The Morgan fingerprint density at radius 3 is 2.90 bits per heavy atom. The summed E-state index contributed by atoms with van der Waals surface area (Å²) < 4.78 is 0.775. The zero-order chi connectivity index (χ0) is 14.7. The van der Waals surface area contributed by atoms with E-state index < -0.39 is 0 Å². The summed E-state index contributed by atoms with van der Waals surface area (Å²) >= 11 is 7.41. The topological polar surface area (TPSA) is 41.1 Å². The highest BCUT2D eigenvalue weighted by Crippen LogP contribution is 2.22. The lowest BCUT2D eigenvalue weighted by atomic mass is 10.1. The van der Waals surface area contributed by atoms with E-state index in [4.69, 9.17) is 11.6 Å². The molecule has 0 saturated carbocycles. The fourth-order valence-corrected chi connectivity index (χ4v) is 3.56. The Kier molecular flexibility index (Phi) is 4.58. The summed E-state index contributed by atoms with van der Waals surface area (Å²) in [5.41, 5.74) is 3.86. The predicted octanol–water partition coefficient (Wildman–Crippen LogP) is 3.25. The summed E-state index contributed by atoms with van der Waals surface area (Å²) in [6.07, 6.45) is 1.25. The average Bonchev–Trinajstić information content (AvgIpc) is 3.10. The molecule has 1 aromatic carbocycles. The van der Waals surface area contributed by atoms with Gasteiger partial charge in [-0.1, -0.05) is 29.8 Å². The maximum Gasteiger partial charge on any atom is 0.220 e. The summed E-state index contributed by atoms with van der Waals surface area (Å²) in [5, 5.41) is 6.30. The van der Waals surface area contributed by atoms with Crippen LogP contribution in [-0.2, 0) is 30.8 Å². The van der Waals surface area contributed by atoms with Crippen LogP contribution in [0.5, 0.6) is 0 Å². The fraction of sp³-hybridized carbons (Fsp3) is 0.312. The number of thiophene rings is 1. The first-order valence-corrected chi connectivity index (χ1v) is 8.22. The first kappa shape index (κ1) is 14.6. The third-order valence-electron chi connectivity index (χ3n) is 3.62. The molecule has 0 spiro atoms. The van der Waals surface area contributed by atoms with Gasteiger partial charge in [0.25, 0.3) is 0 Å². The van der Waals surface area contributed by atoms with Gasteiger partial charge in [0, 0.05) is 30.9 Å². The molecule has 2 aromatic rings. The summed E-state index contributed by atoms with van der Waals surface area (Å²) in [6.45, 7) is 2.47. The Labute approximate surface area is 133 Å². The molecule has 0 saturated heterocycles. The van der Waals surface area contributed by atoms with Gasteiger partial charge in [-0.25, -0.2) is 0 Å². The van der Waals surface area contributed by atoms with Gasteiger partial charge in [0.2, 0.25) is 5.91 Å². The van der Waals surface area contributed by atoms with E-state index in [0.717, 1.165) is 34.3 Å². The molecule has 3 rings (SSSR count). The Morgan fingerprint density at radius 1 is 1.24 bits per heavy atom. The van der Waals surface area contributed by atoms with Crippen molar-refractivity contribution in [2.75, 3.05) is 0 Å². The highest BCUT2D eigenvalue weighted by Gasteiger charge is 2.10. The molecule has 0 fully saturated rings. The second kappa shape index (κ2) is 6.60. The molecular weight excluding hydrogens is 304 g/mol. The minimum atomic E-state index is 0.0816. The number of halogens is 1. The molecule has 1 aliphatic heterocycles. The second-order valence-corrected chi connectivity index (χ2v) is 6.99. The van der Waals surface area contributed by atoms with Crippen molar-refractivity contribution in [1.29, 1.82) is 0 Å². The van der Waals surface area contributed by atoms with Gasteiger partial charge in [-0.2, -0.15) is 0 Å². The molecular formula is C16H17ClN2OS. The molecule has 3 nitrogen and oxygen atoms in total. The zero-order valence-corrected chi connectivity index (χ0v) is 13.2. The van der Waals surface area contributed by atoms with Gasteiger partial charge in [-0.15, -0.1) is 11.3 Å². The van der Waals surface area contributed by atoms with Gasteiger partial charge < -0.3 is 10.6 Å². The molecule has 21 heavy (non-hydrogen) atoms. The number of amides is 1. The Balaban J connectivity index is 1.47. The predicted molar refractivity (Wildman–Crippen MR) is 86.5 cm³/mol. The van der Waals surface area contributed by atoms with Crippen LogP contribution in [0.25, 0.3) is 0 Å². The minimum absolute atomic E-state index is 0.0816. The number of carbonyl (C=O) groups excluding carboxylic acids is 1. The van der Waals surface area contributed by atoms with E-state index in [0.29, 0.717) is 13.0 Å². The normalized spacial score (nSPS) is 13.2. The van der Waals surface area contributed by atoms with Crippen LogP contribution in [0.4, 0.5) is 0 Å². The van der Waals surface area contributed by atoms with Gasteiger partial charge in [0.1, 0.15) is 0 Å². The van der Waals surface area contributed by atoms with Crippen LogP contribution in [-0.4, -0.2) is 5.91 Å². The first-order valence-electron chi connectivity index (χ1n) is 7.03. The number of hydrogen-bond donors (Lipinski definition) is 2. The SMILES string of the molecule is O=C(CCc1ccc(Cl)s1)NCc1ccc2c(c1)CNC2. The Morgan fingerprint density at radius 2 is 2.10 bits per heavy atom. The zero-order valence-electron chi connectivity index (χ0n) is 11.6. The summed E-state index contributed by atoms with van der Waals surface area (Å²) in [6, 6.07) is 10.3. The van der Waals surface area contributed by atoms with Crippen molar-refractivity contribution >= 4 is 28.8 Å². The largest absolute Gasteiger partial charge is 0.352 e. The van der Waals surface area contributed by atoms with Crippen molar-refractivity contribution in [2.24, 2.45) is 0 Å². The molecule has 1 aromatic heterocycles. The molecule has 0 atom stereocenters. The number of fused-ring (bicyclic) bond motifs is 1. The van der Waals surface area contributed by atoms with E-state index >= 15 is 0 Å². The lowest BCUT2D eigenvalue weighted by Crippen LogP contribution is -2.22. The van der Waals surface area contributed by atoms with E-state index in [2.05, 4.69) is 28.8 Å². The molecule has 0 unspecified atom stereocenters. The van der Waals surface area contributed by atoms with Gasteiger partial charge in [0.05, 0.1) is 4.34 Å². The third kappa shape index (κ3) is 3.84. The highest BCUT2D eigenvalue weighted by atomic mass is 35.5. The molecule has 0 radical (unpaired) electrons. The van der Waals surface area contributed by atoms with Crippen LogP contribution in [0.3, 0.4) is 0 Å². The Bertz CT molecular complexity index is 653. The quantitative estimate of drug-likeness (QED) is 0.888. The van der Waals surface area contributed by atoms with E-state index in [1.54, 1.807) is 0 Å². The third-order valence-corrected chi connectivity index (χ3v) is 4.91. The molecule has 110 valence electrons. The minimum Gasteiger partial charge on any atom is -0.352 e. The summed E-state index contributed by atoms with van der Waals surface area (Å²) in [7, 11) is 0. The lowest BCUT2D eigenvalue weighted by molar-refractivity contribution is -0.121. The molecule has 2 N–H and O–H groups in total. The van der Waals surface area contributed by atoms with Crippen molar-refractivity contribution in [2.45, 2.75) is 32.5 Å². The standard InChI is InChI=1S/C16H17ClN2OS/c17-15-5-3-14(21-15)4-6-16(20)19-8-11-1-2-12-9-18-10-13(12)7-11/h1-3,5,7,18H,4,6,8-10H2,(H,19,20). The maximum atomic E-state index is 11.9. The van der Waals surface area contributed by atoms with Crippen LogP contribution in [0.1, 0.15) is 28.0 Å². The molecule has 0 bridgehead atoms. The summed E-state index contributed by atoms with van der Waals surface area (Å²) in [4.78, 5) is 13.0. The van der Waals surface area contributed by atoms with E-state index in [1.807, 2.05) is 12.1 Å². The number of carbonyl (C=O) groups is 1. The molecule has 1 aliphatic rings. The van der Waals surface area contributed by atoms with Gasteiger partial charge in [-0.05, 0) is 35.2 Å². The first-order chi connectivity index (χ1) is 10.2.